The van der Waals surface area contributed by atoms with Crippen molar-refractivity contribution in [3.8, 4) is 0 Å². The van der Waals surface area contributed by atoms with Crippen molar-refractivity contribution in [3.05, 3.63) is 71.8 Å². The van der Waals surface area contributed by atoms with E-state index in [9.17, 15) is 0 Å². The van der Waals surface area contributed by atoms with E-state index in [1.807, 2.05) is 36.4 Å². The maximum absolute atomic E-state index is 6.13. The van der Waals surface area contributed by atoms with Gasteiger partial charge in [0.1, 0.15) is 0 Å². The van der Waals surface area contributed by atoms with Crippen molar-refractivity contribution in [2.24, 2.45) is 5.73 Å². The minimum atomic E-state index is 0. The van der Waals surface area contributed by atoms with Crippen LogP contribution in [0.4, 0.5) is 0 Å². The van der Waals surface area contributed by atoms with Gasteiger partial charge >= 0.3 is 0 Å². The van der Waals surface area contributed by atoms with Gasteiger partial charge < -0.3 is 5.73 Å². The molecule has 2 rings (SSSR count). The Bertz CT molecular complexity index is 403. The zero-order valence-corrected chi connectivity index (χ0v) is 11.1. The van der Waals surface area contributed by atoms with Crippen molar-refractivity contribution in [1.82, 2.24) is 0 Å². The quantitative estimate of drug-likeness (QED) is 0.902. The van der Waals surface area contributed by atoms with Gasteiger partial charge in [0.25, 0.3) is 0 Å². The van der Waals surface area contributed by atoms with E-state index in [1.54, 1.807) is 0 Å². The molecule has 2 N–H and O–H groups in total. The molecule has 1 atom stereocenters. The van der Waals surface area contributed by atoms with Gasteiger partial charge in [0.15, 0.2) is 0 Å². The summed E-state index contributed by atoms with van der Waals surface area (Å²) >= 11 is 0. The summed E-state index contributed by atoms with van der Waals surface area (Å²) in [4.78, 5) is 0. The fourth-order valence-corrected chi connectivity index (χ4v) is 1.69. The Morgan fingerprint density at radius 3 is 1.76 bits per heavy atom. The molecule has 0 saturated heterocycles. The number of halogens is 2. The minimum Gasteiger partial charge on any atom is -0.324 e. The van der Waals surface area contributed by atoms with Crippen LogP contribution in [0.2, 0.25) is 0 Å². The second-order valence-electron chi connectivity index (χ2n) is 3.71. The fraction of sp³-hybridized carbons (Fsp3) is 0.143. The third-order valence-electron chi connectivity index (χ3n) is 2.53. The van der Waals surface area contributed by atoms with Gasteiger partial charge in [0, 0.05) is 6.04 Å². The number of rotatable bonds is 3. The summed E-state index contributed by atoms with van der Waals surface area (Å²) < 4.78 is 0. The van der Waals surface area contributed by atoms with Crippen molar-refractivity contribution in [1.29, 1.82) is 0 Å². The van der Waals surface area contributed by atoms with Gasteiger partial charge in [-0.1, -0.05) is 60.7 Å². The van der Waals surface area contributed by atoms with E-state index in [2.05, 4.69) is 24.3 Å². The van der Waals surface area contributed by atoms with E-state index in [-0.39, 0.29) is 30.9 Å². The summed E-state index contributed by atoms with van der Waals surface area (Å²) in [6.07, 6.45) is 0.894. The largest absolute Gasteiger partial charge is 0.324 e. The van der Waals surface area contributed by atoms with Crippen LogP contribution in [-0.2, 0) is 6.42 Å². The molecule has 17 heavy (non-hydrogen) atoms. The van der Waals surface area contributed by atoms with Crippen molar-refractivity contribution in [2.75, 3.05) is 0 Å². The topological polar surface area (TPSA) is 26.0 Å². The van der Waals surface area contributed by atoms with Gasteiger partial charge in [-0.3, -0.25) is 0 Å². The van der Waals surface area contributed by atoms with E-state index in [1.165, 1.54) is 11.1 Å². The van der Waals surface area contributed by atoms with Crippen LogP contribution in [0.3, 0.4) is 0 Å². The summed E-state index contributed by atoms with van der Waals surface area (Å²) in [5.41, 5.74) is 8.61. The lowest BCUT2D eigenvalue weighted by Gasteiger charge is -2.11. The van der Waals surface area contributed by atoms with Gasteiger partial charge in [-0.05, 0) is 17.5 Å². The van der Waals surface area contributed by atoms with Gasteiger partial charge in [-0.2, -0.15) is 0 Å². The molecule has 0 aromatic heterocycles. The van der Waals surface area contributed by atoms with E-state index >= 15 is 0 Å². The summed E-state index contributed by atoms with van der Waals surface area (Å²) in [5.74, 6) is 0. The van der Waals surface area contributed by atoms with E-state index < -0.39 is 0 Å². The smallest absolute Gasteiger partial charge is 0.0335 e. The van der Waals surface area contributed by atoms with Gasteiger partial charge in [-0.25, -0.2) is 0 Å². The maximum Gasteiger partial charge on any atom is 0.0335 e. The minimum absolute atomic E-state index is 0. The Morgan fingerprint density at radius 1 is 0.765 bits per heavy atom. The van der Waals surface area contributed by atoms with Crippen molar-refractivity contribution >= 4 is 24.8 Å². The maximum atomic E-state index is 6.13. The second-order valence-corrected chi connectivity index (χ2v) is 3.71. The van der Waals surface area contributed by atoms with Gasteiger partial charge in [0.2, 0.25) is 0 Å². The summed E-state index contributed by atoms with van der Waals surface area (Å²) in [7, 11) is 0. The molecule has 1 nitrogen and oxygen atoms in total. The molecule has 1 unspecified atom stereocenters. The van der Waals surface area contributed by atoms with Crippen LogP contribution in [0.15, 0.2) is 60.7 Å². The first-order valence-corrected chi connectivity index (χ1v) is 5.21. The van der Waals surface area contributed by atoms with Crippen molar-refractivity contribution in [2.45, 2.75) is 12.5 Å². The number of nitrogens with two attached hydrogens (primary N) is 1. The Kier molecular flexibility index (Phi) is 7.64. The highest BCUT2D eigenvalue weighted by Gasteiger charge is 2.05. The van der Waals surface area contributed by atoms with E-state index in [0.29, 0.717) is 0 Å². The lowest BCUT2D eigenvalue weighted by atomic mass is 10.00. The molecular formula is C14H17Cl2N. The fourth-order valence-electron chi connectivity index (χ4n) is 1.69. The summed E-state index contributed by atoms with van der Waals surface area (Å²) in [6.45, 7) is 0. The molecule has 0 radical (unpaired) electrons. The van der Waals surface area contributed by atoms with Gasteiger partial charge in [0.05, 0.1) is 0 Å². The molecule has 0 aliphatic rings. The first-order valence-electron chi connectivity index (χ1n) is 5.21. The van der Waals surface area contributed by atoms with E-state index in [0.717, 1.165) is 6.42 Å². The number of hydrogen-bond acceptors (Lipinski definition) is 1. The average Bonchev–Trinajstić information content (AvgIpc) is 2.31. The average molecular weight is 270 g/mol. The molecular weight excluding hydrogens is 253 g/mol. The second kappa shape index (κ2) is 8.13. The monoisotopic (exact) mass is 269 g/mol. The first kappa shape index (κ1) is 16.0. The predicted molar refractivity (Wildman–Crippen MR) is 78.0 cm³/mol. The molecule has 3 heteroatoms. The van der Waals surface area contributed by atoms with Crippen LogP contribution >= 0.6 is 24.8 Å². The van der Waals surface area contributed by atoms with Crippen molar-refractivity contribution in [3.63, 3.8) is 0 Å². The molecule has 0 spiro atoms. The third-order valence-corrected chi connectivity index (χ3v) is 2.53. The molecule has 2 aromatic carbocycles. The van der Waals surface area contributed by atoms with Gasteiger partial charge in [-0.15, -0.1) is 24.8 Å². The van der Waals surface area contributed by atoms with Crippen molar-refractivity contribution < 1.29 is 0 Å². The van der Waals surface area contributed by atoms with Crippen LogP contribution in [0.5, 0.6) is 0 Å². The first-order chi connectivity index (χ1) is 7.36. The summed E-state index contributed by atoms with van der Waals surface area (Å²) in [5, 5.41) is 0. The molecule has 0 aliphatic carbocycles. The van der Waals surface area contributed by atoms with Crippen LogP contribution in [0, 0.1) is 0 Å². The summed E-state index contributed by atoms with van der Waals surface area (Å²) in [6, 6.07) is 20.7. The molecule has 0 aliphatic heterocycles. The highest BCUT2D eigenvalue weighted by atomic mass is 35.5. The molecule has 2 aromatic rings. The zero-order valence-electron chi connectivity index (χ0n) is 9.45. The Balaban J connectivity index is 0.00000128. The van der Waals surface area contributed by atoms with Crippen LogP contribution in [-0.4, -0.2) is 0 Å². The molecule has 92 valence electrons. The number of hydrogen-bond donors (Lipinski definition) is 1. The lowest BCUT2D eigenvalue weighted by Crippen LogP contribution is -2.12. The van der Waals surface area contributed by atoms with Crippen LogP contribution < -0.4 is 5.73 Å². The van der Waals surface area contributed by atoms with Crippen LogP contribution in [0.1, 0.15) is 17.2 Å². The molecule has 0 amide bonds. The Morgan fingerprint density at radius 2 is 1.24 bits per heavy atom. The standard InChI is InChI=1S/C14H15N.2ClH/c15-14(13-9-5-2-6-10-13)11-12-7-3-1-4-8-12;;/h1-10,14H,11,15H2;2*1H. The molecule has 0 bridgehead atoms. The zero-order chi connectivity index (χ0) is 10.5. The lowest BCUT2D eigenvalue weighted by molar-refractivity contribution is 0.722. The normalized spacial score (nSPS) is 10.9. The van der Waals surface area contributed by atoms with E-state index in [4.69, 9.17) is 5.73 Å². The van der Waals surface area contributed by atoms with Crippen LogP contribution in [0.25, 0.3) is 0 Å². The SMILES string of the molecule is Cl.Cl.NC(Cc1ccccc1)c1ccccc1. The Hall–Kier alpha value is -1.02. The molecule has 0 fully saturated rings. The Labute approximate surface area is 115 Å². The molecule has 0 saturated carbocycles. The predicted octanol–water partition coefficient (Wildman–Crippen LogP) is 3.77. The highest BCUT2D eigenvalue weighted by Crippen LogP contribution is 2.15. The third kappa shape index (κ3) is 4.78. The highest BCUT2D eigenvalue weighted by molar-refractivity contribution is 5.85. The number of benzene rings is 2. The molecule has 0 heterocycles.